The Morgan fingerprint density at radius 3 is 2.55 bits per heavy atom. The van der Waals surface area contributed by atoms with E-state index in [2.05, 4.69) is 6.58 Å². The Balaban J connectivity index is 2.31. The predicted molar refractivity (Wildman–Crippen MR) is 80.1 cm³/mol. The van der Waals surface area contributed by atoms with Gasteiger partial charge in [0.15, 0.2) is 18.7 Å². The van der Waals surface area contributed by atoms with Gasteiger partial charge in [0, 0.05) is 5.56 Å². The van der Waals surface area contributed by atoms with Crippen LogP contribution in [0.3, 0.4) is 0 Å². The van der Waals surface area contributed by atoms with Crippen LogP contribution in [0.25, 0.3) is 0 Å². The Morgan fingerprint density at radius 2 is 2.00 bits per heavy atom. The van der Waals surface area contributed by atoms with Gasteiger partial charge in [-0.05, 0) is 37.6 Å². The van der Waals surface area contributed by atoms with Gasteiger partial charge in [0.05, 0.1) is 13.2 Å². The number of aliphatic carboxylic acids is 1. The van der Waals surface area contributed by atoms with Gasteiger partial charge < -0.3 is 19.3 Å². The highest BCUT2D eigenvalue weighted by molar-refractivity contribution is 5.94. The summed E-state index contributed by atoms with van der Waals surface area (Å²) in [4.78, 5) is 22.1. The van der Waals surface area contributed by atoms with E-state index in [0.717, 1.165) is 0 Å². The van der Waals surface area contributed by atoms with Gasteiger partial charge in [0.1, 0.15) is 5.75 Å². The van der Waals surface area contributed by atoms with Crippen LogP contribution in [-0.2, 0) is 14.3 Å². The molecule has 0 saturated carbocycles. The third-order valence-corrected chi connectivity index (χ3v) is 2.76. The number of ether oxygens (including phenoxy) is 3. The highest BCUT2D eigenvalue weighted by Crippen LogP contribution is 2.12. The number of carbonyl (C=O) groups excluding carboxylic acids is 1. The minimum Gasteiger partial charge on any atom is -0.479 e. The van der Waals surface area contributed by atoms with Gasteiger partial charge in [0.25, 0.3) is 0 Å². The van der Waals surface area contributed by atoms with Crippen molar-refractivity contribution in [3.8, 4) is 5.75 Å². The second-order valence-corrected chi connectivity index (χ2v) is 4.49. The van der Waals surface area contributed by atoms with Crippen LogP contribution < -0.4 is 4.74 Å². The minimum atomic E-state index is -1.09. The van der Waals surface area contributed by atoms with Crippen LogP contribution in [0, 0.1) is 0 Å². The van der Waals surface area contributed by atoms with Crippen molar-refractivity contribution in [2.24, 2.45) is 0 Å². The summed E-state index contributed by atoms with van der Waals surface area (Å²) in [6.45, 7) is 5.07. The summed E-state index contributed by atoms with van der Waals surface area (Å²) in [6, 6.07) is 6.59. The van der Waals surface area contributed by atoms with Crippen molar-refractivity contribution in [3.05, 3.63) is 42.5 Å². The SMILES string of the molecule is C=CCCOC(COCOc1ccc(C(C)=O)cc1)C(=O)O. The van der Waals surface area contributed by atoms with Crippen LogP contribution in [0.2, 0.25) is 0 Å². The first-order chi connectivity index (χ1) is 10.5. The van der Waals surface area contributed by atoms with Crippen molar-refractivity contribution in [2.45, 2.75) is 19.4 Å². The topological polar surface area (TPSA) is 82.1 Å². The molecule has 6 nitrogen and oxygen atoms in total. The molecule has 120 valence electrons. The number of Topliss-reactive ketones (excluding diaryl/α,β-unsaturated/α-hetero) is 1. The molecule has 0 aromatic heterocycles. The van der Waals surface area contributed by atoms with Crippen molar-refractivity contribution in [1.82, 2.24) is 0 Å². The van der Waals surface area contributed by atoms with Crippen LogP contribution in [0.4, 0.5) is 0 Å². The van der Waals surface area contributed by atoms with E-state index in [-0.39, 0.29) is 25.8 Å². The largest absolute Gasteiger partial charge is 0.479 e. The first kappa shape index (κ1) is 17.9. The van der Waals surface area contributed by atoms with E-state index in [0.29, 0.717) is 17.7 Å². The number of carbonyl (C=O) groups is 2. The Kier molecular flexibility index (Phi) is 7.88. The lowest BCUT2D eigenvalue weighted by molar-refractivity contribution is -0.156. The molecular formula is C16H20O6. The quantitative estimate of drug-likeness (QED) is 0.292. The molecule has 0 aliphatic heterocycles. The number of carboxylic acid groups (broad SMARTS) is 1. The molecule has 0 fully saturated rings. The molecule has 1 atom stereocenters. The molecule has 0 spiro atoms. The van der Waals surface area contributed by atoms with E-state index < -0.39 is 12.1 Å². The van der Waals surface area contributed by atoms with Gasteiger partial charge in [-0.15, -0.1) is 6.58 Å². The van der Waals surface area contributed by atoms with E-state index in [1.165, 1.54) is 6.92 Å². The molecule has 0 bridgehead atoms. The molecule has 1 rings (SSSR count). The number of ketones is 1. The van der Waals surface area contributed by atoms with Crippen LogP contribution in [0.5, 0.6) is 5.75 Å². The molecule has 0 aliphatic rings. The van der Waals surface area contributed by atoms with E-state index in [1.807, 2.05) is 0 Å². The monoisotopic (exact) mass is 308 g/mol. The Bertz CT molecular complexity index is 494. The van der Waals surface area contributed by atoms with Crippen molar-refractivity contribution in [2.75, 3.05) is 20.0 Å². The van der Waals surface area contributed by atoms with Crippen molar-refractivity contribution in [3.63, 3.8) is 0 Å². The highest BCUT2D eigenvalue weighted by Gasteiger charge is 2.17. The molecule has 0 amide bonds. The standard InChI is InChI=1S/C16H20O6/c1-3-4-9-21-15(16(18)19)10-20-11-22-14-7-5-13(6-8-14)12(2)17/h3,5-8,15H,1,4,9-11H2,2H3,(H,18,19). The number of rotatable bonds is 11. The highest BCUT2D eigenvalue weighted by atomic mass is 16.7. The first-order valence-corrected chi connectivity index (χ1v) is 6.81. The smallest absolute Gasteiger partial charge is 0.335 e. The molecule has 6 heteroatoms. The van der Waals surface area contributed by atoms with E-state index in [9.17, 15) is 9.59 Å². The lowest BCUT2D eigenvalue weighted by Gasteiger charge is -2.14. The average Bonchev–Trinajstić information content (AvgIpc) is 2.50. The predicted octanol–water partition coefficient (Wildman–Crippen LogP) is 2.29. The Labute approximate surface area is 129 Å². The number of hydrogen-bond donors (Lipinski definition) is 1. The second kappa shape index (κ2) is 9.70. The average molecular weight is 308 g/mol. The van der Waals surface area contributed by atoms with Crippen LogP contribution >= 0.6 is 0 Å². The maximum absolute atomic E-state index is 11.1. The molecule has 1 N–H and O–H groups in total. The van der Waals surface area contributed by atoms with Crippen LogP contribution in [0.1, 0.15) is 23.7 Å². The molecule has 0 radical (unpaired) electrons. The molecule has 0 aliphatic carbocycles. The van der Waals surface area contributed by atoms with Crippen LogP contribution in [-0.4, -0.2) is 43.0 Å². The summed E-state index contributed by atoms with van der Waals surface area (Å²) in [7, 11) is 0. The summed E-state index contributed by atoms with van der Waals surface area (Å²) in [5, 5.41) is 8.97. The fraction of sp³-hybridized carbons (Fsp3) is 0.375. The van der Waals surface area contributed by atoms with Gasteiger partial charge in [-0.25, -0.2) is 4.79 Å². The molecule has 1 unspecified atom stereocenters. The number of carboxylic acids is 1. The molecular weight excluding hydrogens is 288 g/mol. The summed E-state index contributed by atoms with van der Waals surface area (Å²) < 4.78 is 15.6. The maximum atomic E-state index is 11.1. The zero-order valence-corrected chi connectivity index (χ0v) is 12.5. The van der Waals surface area contributed by atoms with E-state index >= 15 is 0 Å². The molecule has 1 aromatic rings. The van der Waals surface area contributed by atoms with Crippen molar-refractivity contribution in [1.29, 1.82) is 0 Å². The Morgan fingerprint density at radius 1 is 1.32 bits per heavy atom. The summed E-state index contributed by atoms with van der Waals surface area (Å²) in [6.07, 6.45) is 1.18. The molecule has 22 heavy (non-hydrogen) atoms. The van der Waals surface area contributed by atoms with Gasteiger partial charge in [0.2, 0.25) is 0 Å². The van der Waals surface area contributed by atoms with E-state index in [1.54, 1.807) is 30.3 Å². The van der Waals surface area contributed by atoms with Gasteiger partial charge >= 0.3 is 5.97 Å². The van der Waals surface area contributed by atoms with Crippen LogP contribution in [0.15, 0.2) is 36.9 Å². The van der Waals surface area contributed by atoms with E-state index in [4.69, 9.17) is 19.3 Å². The zero-order chi connectivity index (χ0) is 16.4. The van der Waals surface area contributed by atoms with Gasteiger partial charge in [-0.3, -0.25) is 4.79 Å². The Hall–Kier alpha value is -2.18. The number of hydrogen-bond acceptors (Lipinski definition) is 5. The van der Waals surface area contributed by atoms with Gasteiger partial charge in [-0.2, -0.15) is 0 Å². The minimum absolute atomic E-state index is 0.0243. The fourth-order valence-corrected chi connectivity index (χ4v) is 1.54. The zero-order valence-electron chi connectivity index (χ0n) is 12.5. The summed E-state index contributed by atoms with van der Waals surface area (Å²) in [5.41, 5.74) is 0.592. The lowest BCUT2D eigenvalue weighted by Crippen LogP contribution is -2.30. The first-order valence-electron chi connectivity index (χ1n) is 6.81. The van der Waals surface area contributed by atoms with Crippen molar-refractivity contribution >= 4 is 11.8 Å². The maximum Gasteiger partial charge on any atom is 0.335 e. The third-order valence-electron chi connectivity index (χ3n) is 2.76. The third kappa shape index (κ3) is 6.51. The second-order valence-electron chi connectivity index (χ2n) is 4.49. The van der Waals surface area contributed by atoms with Crippen molar-refractivity contribution < 1.29 is 28.9 Å². The molecule has 1 aromatic carbocycles. The fourth-order valence-electron chi connectivity index (χ4n) is 1.54. The number of benzene rings is 1. The lowest BCUT2D eigenvalue weighted by atomic mass is 10.1. The van der Waals surface area contributed by atoms with Gasteiger partial charge in [-0.1, -0.05) is 6.08 Å². The molecule has 0 heterocycles. The summed E-state index contributed by atoms with van der Waals surface area (Å²) >= 11 is 0. The summed E-state index contributed by atoms with van der Waals surface area (Å²) in [5.74, 6) is -0.580. The normalized spacial score (nSPS) is 11.7. The molecule has 0 saturated heterocycles.